The summed E-state index contributed by atoms with van der Waals surface area (Å²) in [6, 6.07) is 17.8. The highest BCUT2D eigenvalue weighted by Gasteiger charge is 2.46. The number of fused-ring (bicyclic) bond motifs is 1. The number of ether oxygens (including phenoxy) is 1. The number of hydrazone groups is 1. The topological polar surface area (TPSA) is 117 Å². The van der Waals surface area contributed by atoms with E-state index < -0.39 is 46.7 Å². The third-order valence-electron chi connectivity index (χ3n) is 9.11. The number of nitrogens with zero attached hydrogens (tertiary/aromatic N) is 3. The van der Waals surface area contributed by atoms with Gasteiger partial charge in [-0.05, 0) is 103 Å². The van der Waals surface area contributed by atoms with Crippen molar-refractivity contribution >= 4 is 56.9 Å². The molecule has 47 heavy (non-hydrogen) atoms. The van der Waals surface area contributed by atoms with Gasteiger partial charge in [-0.15, -0.1) is 0 Å². The summed E-state index contributed by atoms with van der Waals surface area (Å²) in [6.45, 7) is 2.77. The van der Waals surface area contributed by atoms with E-state index in [9.17, 15) is 23.1 Å². The van der Waals surface area contributed by atoms with Crippen LogP contribution >= 0.6 is 23.2 Å². The number of rotatable bonds is 7. The number of carbonyl (C=O) groups is 2. The Labute approximate surface area is 284 Å². The Morgan fingerprint density at radius 2 is 1.68 bits per heavy atom. The minimum atomic E-state index is -4.13. The first-order valence-electron chi connectivity index (χ1n) is 15.5. The van der Waals surface area contributed by atoms with Gasteiger partial charge in [-0.2, -0.15) is 9.41 Å². The predicted octanol–water partition coefficient (Wildman–Crippen LogP) is 6.10. The molecule has 2 heterocycles. The Morgan fingerprint density at radius 1 is 1.00 bits per heavy atom. The van der Waals surface area contributed by atoms with E-state index >= 15 is 0 Å². The molecule has 0 bridgehead atoms. The van der Waals surface area contributed by atoms with Gasteiger partial charge in [0.25, 0.3) is 5.91 Å². The number of β-amino-alcohol motifs (C(OH)–C–C–N with tert-alkyl or cyclic N) is 1. The van der Waals surface area contributed by atoms with E-state index in [1.165, 1.54) is 11.1 Å². The summed E-state index contributed by atoms with van der Waals surface area (Å²) in [4.78, 5) is 27.2. The molecule has 6 rings (SSSR count). The number of allylic oxidation sites excluding steroid dienone is 1. The molecule has 1 amide bonds. The molecular weight excluding hydrogens is 661 g/mol. The lowest BCUT2D eigenvalue weighted by molar-refractivity contribution is -0.155. The molecule has 3 aromatic rings. The standard InChI is InChI=1S/C35H35Cl2N3O6S/c1-21-6-15-29(16-22(21)2)47(44,45)39-19-28(41)18-31(39)35(43)46-20-32(42)40-34(24-9-13-27(37)14-10-24)30-5-3-4-25(33(30)38-40)17-23-7-11-26(36)12-8-23/h6-17,28,30-31,34,41H,3-5,18-20H2,1-2H3/b25-17-/t28-,30+,31-,34+/m1/s1. The van der Waals surface area contributed by atoms with Crippen molar-refractivity contribution in [3.63, 3.8) is 0 Å². The molecule has 0 unspecified atom stereocenters. The third kappa shape index (κ3) is 6.89. The van der Waals surface area contributed by atoms with Gasteiger partial charge in [0.1, 0.15) is 6.04 Å². The molecule has 12 heteroatoms. The number of halogens is 2. The normalized spacial score (nSPS) is 23.9. The number of hydrogen-bond acceptors (Lipinski definition) is 7. The van der Waals surface area contributed by atoms with Crippen LogP contribution in [-0.2, 0) is 24.3 Å². The van der Waals surface area contributed by atoms with E-state index in [0.717, 1.165) is 57.1 Å². The fraction of sp³-hybridized carbons (Fsp3) is 0.343. The smallest absolute Gasteiger partial charge is 0.325 e. The lowest BCUT2D eigenvalue weighted by Gasteiger charge is -2.29. The van der Waals surface area contributed by atoms with Gasteiger partial charge in [-0.3, -0.25) is 9.59 Å². The number of aliphatic hydroxyl groups is 1. The molecule has 4 atom stereocenters. The van der Waals surface area contributed by atoms with Crippen molar-refractivity contribution in [3.8, 4) is 0 Å². The average molecular weight is 697 g/mol. The van der Waals surface area contributed by atoms with E-state index in [-0.39, 0.29) is 23.8 Å². The van der Waals surface area contributed by atoms with Crippen LogP contribution in [0.2, 0.25) is 10.0 Å². The van der Waals surface area contributed by atoms with Gasteiger partial charge >= 0.3 is 5.97 Å². The van der Waals surface area contributed by atoms with E-state index in [1.807, 2.05) is 43.3 Å². The van der Waals surface area contributed by atoms with Crippen molar-refractivity contribution < 1.29 is 27.9 Å². The van der Waals surface area contributed by atoms with E-state index in [4.69, 9.17) is 33.0 Å². The van der Waals surface area contributed by atoms with Crippen LogP contribution in [0.25, 0.3) is 6.08 Å². The fourth-order valence-electron chi connectivity index (χ4n) is 6.53. The number of aliphatic hydroxyl groups excluding tert-OH is 1. The first-order chi connectivity index (χ1) is 22.4. The summed E-state index contributed by atoms with van der Waals surface area (Å²) < 4.78 is 33.5. The third-order valence-corrected chi connectivity index (χ3v) is 11.5. The molecule has 0 aromatic heterocycles. The average Bonchev–Trinajstić information content (AvgIpc) is 3.65. The van der Waals surface area contributed by atoms with Crippen LogP contribution in [0, 0.1) is 19.8 Å². The van der Waals surface area contributed by atoms with E-state index in [1.54, 1.807) is 31.2 Å². The predicted molar refractivity (Wildman–Crippen MR) is 180 cm³/mol. The van der Waals surface area contributed by atoms with Crippen molar-refractivity contribution in [1.29, 1.82) is 0 Å². The van der Waals surface area contributed by atoms with Crippen molar-refractivity contribution in [3.05, 3.63) is 105 Å². The Bertz CT molecular complexity index is 1860. The number of hydrogen-bond donors (Lipinski definition) is 1. The van der Waals surface area contributed by atoms with Crippen molar-refractivity contribution in [2.24, 2.45) is 11.0 Å². The maximum Gasteiger partial charge on any atom is 0.325 e. The summed E-state index contributed by atoms with van der Waals surface area (Å²) in [7, 11) is -4.13. The van der Waals surface area contributed by atoms with Crippen LogP contribution in [0.4, 0.5) is 0 Å². The molecule has 1 aliphatic carbocycles. The second-order valence-corrected chi connectivity index (χ2v) is 15.0. The number of carbonyl (C=O) groups excluding carboxylic acids is 2. The van der Waals surface area contributed by atoms with Crippen LogP contribution in [0.5, 0.6) is 0 Å². The molecule has 246 valence electrons. The maximum absolute atomic E-state index is 13.8. The Hall–Kier alpha value is -3.54. The number of esters is 1. The monoisotopic (exact) mass is 695 g/mol. The minimum absolute atomic E-state index is 0.0207. The highest BCUT2D eigenvalue weighted by molar-refractivity contribution is 7.89. The van der Waals surface area contributed by atoms with Gasteiger partial charge in [0.2, 0.25) is 10.0 Å². The quantitative estimate of drug-likeness (QED) is 0.299. The summed E-state index contributed by atoms with van der Waals surface area (Å²) >= 11 is 12.3. The van der Waals surface area contributed by atoms with E-state index in [0.29, 0.717) is 10.0 Å². The van der Waals surface area contributed by atoms with Gasteiger partial charge in [0, 0.05) is 28.9 Å². The lowest BCUT2D eigenvalue weighted by Crippen LogP contribution is -2.42. The largest absolute Gasteiger partial charge is 0.454 e. The van der Waals surface area contributed by atoms with Crippen molar-refractivity contribution in [2.45, 2.75) is 62.6 Å². The molecule has 0 radical (unpaired) electrons. The molecule has 1 saturated carbocycles. The number of benzene rings is 3. The van der Waals surface area contributed by atoms with Gasteiger partial charge in [-0.25, -0.2) is 13.4 Å². The van der Waals surface area contributed by atoms with Crippen molar-refractivity contribution in [1.82, 2.24) is 9.31 Å². The van der Waals surface area contributed by atoms with Gasteiger partial charge in [0.05, 0.1) is 22.8 Å². The number of aryl methyl sites for hydroxylation is 2. The molecule has 1 saturated heterocycles. The Morgan fingerprint density at radius 3 is 2.36 bits per heavy atom. The number of sulfonamides is 1. The molecule has 1 N–H and O–H groups in total. The van der Waals surface area contributed by atoms with Gasteiger partial charge in [-0.1, -0.05) is 53.5 Å². The summed E-state index contributed by atoms with van der Waals surface area (Å²) in [5, 5.41) is 17.8. The highest BCUT2D eigenvalue weighted by Crippen LogP contribution is 2.44. The van der Waals surface area contributed by atoms with Gasteiger partial charge < -0.3 is 9.84 Å². The fourth-order valence-corrected chi connectivity index (χ4v) is 8.49. The second kappa shape index (κ2) is 13.5. The Kier molecular flexibility index (Phi) is 9.60. The summed E-state index contributed by atoms with van der Waals surface area (Å²) in [6.07, 6.45) is 3.36. The second-order valence-electron chi connectivity index (χ2n) is 12.3. The SMILES string of the molecule is Cc1ccc(S(=O)(=O)N2C[C@H](O)C[C@@H]2C(=O)OCC(=O)N2N=C3/C(=C\c4ccc(Cl)cc4)CCC[C@@H]3[C@@H]2c2ccc(Cl)cc2)cc1C. The molecule has 2 aliphatic heterocycles. The van der Waals surface area contributed by atoms with Crippen LogP contribution in [0.15, 0.2) is 82.3 Å². The van der Waals surface area contributed by atoms with Crippen LogP contribution < -0.4 is 0 Å². The number of amides is 1. The highest BCUT2D eigenvalue weighted by atomic mass is 35.5. The van der Waals surface area contributed by atoms with Crippen LogP contribution in [-0.4, -0.2) is 65.7 Å². The van der Waals surface area contributed by atoms with Crippen LogP contribution in [0.1, 0.15) is 54.0 Å². The first-order valence-corrected chi connectivity index (χ1v) is 17.7. The van der Waals surface area contributed by atoms with Gasteiger partial charge in [0.15, 0.2) is 6.61 Å². The minimum Gasteiger partial charge on any atom is -0.454 e. The molecule has 3 aliphatic rings. The summed E-state index contributed by atoms with van der Waals surface area (Å²) in [5.74, 6) is -1.54. The molecule has 0 spiro atoms. The zero-order valence-electron chi connectivity index (χ0n) is 26.0. The lowest BCUT2D eigenvalue weighted by atomic mass is 9.77. The van der Waals surface area contributed by atoms with Crippen LogP contribution in [0.3, 0.4) is 0 Å². The molecule has 2 fully saturated rings. The molecule has 9 nitrogen and oxygen atoms in total. The maximum atomic E-state index is 13.8. The zero-order chi connectivity index (χ0) is 33.5. The van der Waals surface area contributed by atoms with Crippen molar-refractivity contribution in [2.75, 3.05) is 13.2 Å². The molecular formula is C35H35Cl2N3O6S. The molecule has 3 aromatic carbocycles. The van der Waals surface area contributed by atoms with E-state index in [2.05, 4.69) is 6.08 Å². The Balaban J connectivity index is 1.24. The summed E-state index contributed by atoms with van der Waals surface area (Å²) in [5.41, 5.74) is 5.33. The first kappa shape index (κ1) is 33.4. The zero-order valence-corrected chi connectivity index (χ0v) is 28.3.